The molecule has 2 rings (SSSR count). The highest BCUT2D eigenvalue weighted by molar-refractivity contribution is 5.99. The van der Waals surface area contributed by atoms with Crippen LogP contribution in [0.3, 0.4) is 0 Å². The Bertz CT molecular complexity index is 632. The summed E-state index contributed by atoms with van der Waals surface area (Å²) in [4.78, 5) is 15.7. The maximum Gasteiger partial charge on any atom is 0.152 e. The zero-order chi connectivity index (χ0) is 14.0. The molecule has 0 unspecified atom stereocenters. The molecule has 0 atom stereocenters. The van der Waals surface area contributed by atoms with Crippen LogP contribution in [0.4, 0.5) is 0 Å². The second-order valence-corrected chi connectivity index (χ2v) is 4.97. The number of carbonyl (C=O) groups is 1. The first-order valence-corrected chi connectivity index (χ1v) is 6.66. The van der Waals surface area contributed by atoms with Gasteiger partial charge in [-0.2, -0.15) is 0 Å². The summed E-state index contributed by atoms with van der Waals surface area (Å²) in [5.74, 6) is 0.240. The van der Waals surface area contributed by atoms with Crippen molar-refractivity contribution in [2.75, 3.05) is 0 Å². The third kappa shape index (κ3) is 2.46. The molecule has 1 aromatic heterocycles. The average molecular weight is 257 g/mol. The molecule has 0 aliphatic carbocycles. The smallest absolute Gasteiger partial charge is 0.152 e. The van der Waals surface area contributed by atoms with Crippen molar-refractivity contribution in [3.05, 3.63) is 34.5 Å². The van der Waals surface area contributed by atoms with E-state index in [0.29, 0.717) is 16.5 Å². The van der Waals surface area contributed by atoms with E-state index in [1.165, 1.54) is 0 Å². The van der Waals surface area contributed by atoms with Crippen molar-refractivity contribution < 1.29 is 9.90 Å². The van der Waals surface area contributed by atoms with Gasteiger partial charge in [-0.3, -0.25) is 9.78 Å². The summed E-state index contributed by atoms with van der Waals surface area (Å²) in [5, 5.41) is 10.9. The van der Waals surface area contributed by atoms with Crippen molar-refractivity contribution in [2.24, 2.45) is 0 Å². The Morgan fingerprint density at radius 3 is 2.68 bits per heavy atom. The third-order valence-electron chi connectivity index (χ3n) is 3.58. The summed E-state index contributed by atoms with van der Waals surface area (Å²) >= 11 is 0. The number of pyridine rings is 1. The van der Waals surface area contributed by atoms with Crippen molar-refractivity contribution in [3.63, 3.8) is 0 Å². The lowest BCUT2D eigenvalue weighted by Crippen LogP contribution is -1.97. The number of unbranched alkanes of at least 4 members (excludes halogenated alkanes) is 1. The Kier molecular flexibility index (Phi) is 3.84. The van der Waals surface area contributed by atoms with E-state index in [2.05, 4.69) is 11.9 Å². The van der Waals surface area contributed by atoms with Crippen LogP contribution < -0.4 is 0 Å². The van der Waals surface area contributed by atoms with E-state index in [0.717, 1.165) is 42.4 Å². The van der Waals surface area contributed by atoms with Crippen LogP contribution in [0.5, 0.6) is 5.75 Å². The summed E-state index contributed by atoms with van der Waals surface area (Å²) in [6, 6.07) is 3.83. The van der Waals surface area contributed by atoms with Gasteiger partial charge >= 0.3 is 0 Å². The van der Waals surface area contributed by atoms with E-state index in [9.17, 15) is 9.90 Å². The van der Waals surface area contributed by atoms with Gasteiger partial charge < -0.3 is 5.11 Å². The van der Waals surface area contributed by atoms with Gasteiger partial charge in [-0.1, -0.05) is 13.3 Å². The molecule has 3 heteroatoms. The largest absolute Gasteiger partial charge is 0.507 e. The van der Waals surface area contributed by atoms with Crippen molar-refractivity contribution in [3.8, 4) is 5.75 Å². The average Bonchev–Trinajstić information content (AvgIpc) is 2.42. The number of hydrogen-bond donors (Lipinski definition) is 1. The Balaban J connectivity index is 2.70. The van der Waals surface area contributed by atoms with Gasteiger partial charge in [0.2, 0.25) is 0 Å². The second kappa shape index (κ2) is 5.39. The molecule has 100 valence electrons. The van der Waals surface area contributed by atoms with Crippen molar-refractivity contribution in [2.45, 2.75) is 40.0 Å². The minimum Gasteiger partial charge on any atom is -0.507 e. The molecule has 1 aromatic carbocycles. The maximum absolute atomic E-state index is 11.2. The van der Waals surface area contributed by atoms with Crippen LogP contribution in [0.1, 0.15) is 46.9 Å². The van der Waals surface area contributed by atoms with Crippen molar-refractivity contribution in [1.82, 2.24) is 4.98 Å². The number of nitrogens with zero attached hydrogens (tertiary/aromatic N) is 1. The highest BCUT2D eigenvalue weighted by atomic mass is 16.3. The van der Waals surface area contributed by atoms with E-state index in [1.54, 1.807) is 0 Å². The van der Waals surface area contributed by atoms with Gasteiger partial charge in [0.15, 0.2) is 6.29 Å². The number of aryl methyl sites for hydroxylation is 2. The molecule has 0 fully saturated rings. The molecule has 0 spiro atoms. The van der Waals surface area contributed by atoms with Crippen LogP contribution in [-0.2, 0) is 6.42 Å². The summed E-state index contributed by atoms with van der Waals surface area (Å²) in [7, 11) is 0. The summed E-state index contributed by atoms with van der Waals surface area (Å²) in [5.41, 5.74) is 3.76. The minimum absolute atomic E-state index is 0.240. The molecule has 0 amide bonds. The van der Waals surface area contributed by atoms with Crippen LogP contribution in [0.15, 0.2) is 12.1 Å². The third-order valence-corrected chi connectivity index (χ3v) is 3.58. The molecule has 0 bridgehead atoms. The molecule has 0 aliphatic rings. The molecule has 0 radical (unpaired) electrons. The molecular formula is C16H19NO2. The monoisotopic (exact) mass is 257 g/mol. The Morgan fingerprint density at radius 1 is 1.32 bits per heavy atom. The topological polar surface area (TPSA) is 50.2 Å². The van der Waals surface area contributed by atoms with Gasteiger partial charge in [0.1, 0.15) is 5.75 Å². The fourth-order valence-electron chi connectivity index (χ4n) is 2.26. The lowest BCUT2D eigenvalue weighted by molar-refractivity contribution is 0.112. The second-order valence-electron chi connectivity index (χ2n) is 4.97. The Labute approximate surface area is 113 Å². The predicted octanol–water partition coefficient (Wildman–Crippen LogP) is 3.71. The number of aromatic hydroxyl groups is 1. The van der Waals surface area contributed by atoms with Gasteiger partial charge in [0.05, 0.1) is 5.52 Å². The zero-order valence-electron chi connectivity index (χ0n) is 11.7. The number of rotatable bonds is 4. The molecule has 0 saturated heterocycles. The lowest BCUT2D eigenvalue weighted by atomic mass is 9.99. The van der Waals surface area contributed by atoms with Crippen molar-refractivity contribution in [1.29, 1.82) is 0 Å². The molecular weight excluding hydrogens is 238 g/mol. The molecule has 1 N–H and O–H groups in total. The van der Waals surface area contributed by atoms with E-state index in [-0.39, 0.29) is 5.75 Å². The minimum atomic E-state index is 0.240. The highest BCUT2D eigenvalue weighted by Gasteiger charge is 2.12. The van der Waals surface area contributed by atoms with Crippen molar-refractivity contribution >= 4 is 17.2 Å². The normalized spacial score (nSPS) is 10.9. The number of benzene rings is 1. The van der Waals surface area contributed by atoms with E-state index < -0.39 is 0 Å². The number of aldehydes is 1. The van der Waals surface area contributed by atoms with Gasteiger partial charge in [-0.25, -0.2) is 0 Å². The molecule has 0 aliphatic heterocycles. The standard InChI is InChI=1S/C16H19NO2/c1-4-5-6-12-7-13(9-18)15-14(8-12)16(19)10(2)11(3)17-15/h7-9H,4-6H2,1-3H3,(H,17,19). The SMILES string of the molecule is CCCCc1cc(C=O)c2nc(C)c(C)c(O)c2c1. The Morgan fingerprint density at radius 2 is 2.05 bits per heavy atom. The maximum atomic E-state index is 11.2. The van der Waals surface area contributed by atoms with Gasteiger partial charge in [0.25, 0.3) is 0 Å². The molecule has 3 nitrogen and oxygen atoms in total. The van der Waals surface area contributed by atoms with Crippen LogP contribution in [-0.4, -0.2) is 16.4 Å². The number of aromatic nitrogens is 1. The van der Waals surface area contributed by atoms with Crippen LogP contribution in [0.2, 0.25) is 0 Å². The first-order valence-electron chi connectivity index (χ1n) is 6.66. The summed E-state index contributed by atoms with van der Waals surface area (Å²) in [6.45, 7) is 5.82. The zero-order valence-corrected chi connectivity index (χ0v) is 11.7. The number of carbonyl (C=O) groups excluding carboxylic acids is 1. The van der Waals surface area contributed by atoms with E-state index in [1.807, 2.05) is 26.0 Å². The molecule has 2 aromatic rings. The molecule has 0 saturated carbocycles. The fraction of sp³-hybridized carbons (Fsp3) is 0.375. The molecule has 19 heavy (non-hydrogen) atoms. The quantitative estimate of drug-likeness (QED) is 0.849. The van der Waals surface area contributed by atoms with Crippen LogP contribution >= 0.6 is 0 Å². The van der Waals surface area contributed by atoms with Crippen LogP contribution in [0, 0.1) is 13.8 Å². The van der Waals surface area contributed by atoms with Gasteiger partial charge in [0, 0.05) is 22.2 Å². The van der Waals surface area contributed by atoms with E-state index in [4.69, 9.17) is 0 Å². The predicted molar refractivity (Wildman–Crippen MR) is 76.9 cm³/mol. The highest BCUT2D eigenvalue weighted by Crippen LogP contribution is 2.31. The summed E-state index contributed by atoms with van der Waals surface area (Å²) in [6.07, 6.45) is 3.91. The Hall–Kier alpha value is -1.90. The van der Waals surface area contributed by atoms with Gasteiger partial charge in [-0.05, 0) is 44.4 Å². The number of hydrogen-bond acceptors (Lipinski definition) is 3. The summed E-state index contributed by atoms with van der Waals surface area (Å²) < 4.78 is 0. The van der Waals surface area contributed by atoms with Crippen LogP contribution in [0.25, 0.3) is 10.9 Å². The molecule has 1 heterocycles. The number of fused-ring (bicyclic) bond motifs is 1. The first kappa shape index (κ1) is 13.5. The first-order chi connectivity index (χ1) is 9.08. The fourth-order valence-corrected chi connectivity index (χ4v) is 2.26. The van der Waals surface area contributed by atoms with E-state index >= 15 is 0 Å². The van der Waals surface area contributed by atoms with Gasteiger partial charge in [-0.15, -0.1) is 0 Å². The lowest BCUT2D eigenvalue weighted by Gasteiger charge is -2.11.